The molecule has 0 saturated carbocycles. The largest absolute Gasteiger partial charge is 0.486 e. The van der Waals surface area contributed by atoms with Crippen LogP contribution in [0, 0.1) is 12.7 Å². The Morgan fingerprint density at radius 3 is 2.63 bits per heavy atom. The summed E-state index contributed by atoms with van der Waals surface area (Å²) < 4.78 is 24.1. The fraction of sp³-hybridized carbons (Fsp3) is 0.318. The summed E-state index contributed by atoms with van der Waals surface area (Å²) in [4.78, 5) is 13.4. The predicted molar refractivity (Wildman–Crippen MR) is 112 cm³/mol. The summed E-state index contributed by atoms with van der Waals surface area (Å²) in [6.45, 7) is 3.29. The Labute approximate surface area is 178 Å². The Kier molecular flexibility index (Phi) is 6.06. The second-order valence-corrected chi connectivity index (χ2v) is 8.27. The van der Waals surface area contributed by atoms with Gasteiger partial charge in [0.15, 0.2) is 5.01 Å². The van der Waals surface area contributed by atoms with Crippen LogP contribution in [-0.4, -0.2) is 29.3 Å². The van der Waals surface area contributed by atoms with Gasteiger partial charge in [-0.05, 0) is 55.2 Å². The topological polar surface area (TPSA) is 73.3 Å². The predicted octanol–water partition coefficient (Wildman–Crippen LogP) is 4.25. The first-order valence-electron chi connectivity index (χ1n) is 9.73. The minimum atomic E-state index is -0.653. The van der Waals surface area contributed by atoms with Crippen molar-refractivity contribution in [3.8, 4) is 5.75 Å². The Morgan fingerprint density at radius 1 is 1.17 bits per heavy atom. The number of carbonyl (C=O) groups excluding carboxylic acids is 1. The van der Waals surface area contributed by atoms with Crippen LogP contribution in [0.5, 0.6) is 5.75 Å². The molecule has 2 heterocycles. The molecule has 1 amide bonds. The summed E-state index contributed by atoms with van der Waals surface area (Å²) in [6, 6.07) is 13.7. The van der Waals surface area contributed by atoms with Crippen LogP contribution in [0.25, 0.3) is 0 Å². The first-order valence-corrected chi connectivity index (χ1v) is 10.5. The number of halogens is 1. The fourth-order valence-electron chi connectivity index (χ4n) is 3.70. The second-order valence-electron chi connectivity index (χ2n) is 7.21. The van der Waals surface area contributed by atoms with Crippen molar-refractivity contribution in [1.29, 1.82) is 0 Å². The quantitative estimate of drug-likeness (QED) is 0.637. The normalized spacial score (nSPS) is 15.5. The van der Waals surface area contributed by atoms with E-state index in [0.717, 1.165) is 11.1 Å². The van der Waals surface area contributed by atoms with E-state index < -0.39 is 5.41 Å². The Morgan fingerprint density at radius 2 is 1.90 bits per heavy atom. The highest BCUT2D eigenvalue weighted by Crippen LogP contribution is 2.38. The van der Waals surface area contributed by atoms with E-state index in [2.05, 4.69) is 15.5 Å². The molecule has 0 aliphatic carbocycles. The van der Waals surface area contributed by atoms with E-state index in [0.29, 0.717) is 41.9 Å². The molecular formula is C22H22FN3O3S. The van der Waals surface area contributed by atoms with E-state index in [1.807, 2.05) is 31.2 Å². The van der Waals surface area contributed by atoms with Gasteiger partial charge in [0.05, 0.1) is 5.41 Å². The number of hydrogen-bond donors (Lipinski definition) is 1. The number of anilines is 1. The molecule has 156 valence electrons. The molecule has 6 nitrogen and oxygen atoms in total. The molecule has 3 aromatic rings. The lowest BCUT2D eigenvalue weighted by atomic mass is 9.72. The third kappa shape index (κ3) is 4.34. The van der Waals surface area contributed by atoms with E-state index in [1.165, 1.54) is 23.5 Å². The van der Waals surface area contributed by atoms with Crippen LogP contribution in [0.15, 0.2) is 48.5 Å². The maximum Gasteiger partial charge on any atom is 0.237 e. The van der Waals surface area contributed by atoms with Gasteiger partial charge in [-0.2, -0.15) is 0 Å². The highest BCUT2D eigenvalue weighted by molar-refractivity contribution is 7.15. The molecule has 1 aliphatic rings. The molecular weight excluding hydrogens is 405 g/mol. The SMILES string of the molecule is Cc1ccccc1C1(C(=O)Nc2nnc(COc3ccc(F)cc3)s2)CCOCC1. The molecule has 1 aliphatic heterocycles. The van der Waals surface area contributed by atoms with Gasteiger partial charge in [-0.25, -0.2) is 4.39 Å². The molecule has 1 N–H and O–H groups in total. The summed E-state index contributed by atoms with van der Waals surface area (Å²) >= 11 is 1.26. The van der Waals surface area contributed by atoms with E-state index in [1.54, 1.807) is 12.1 Å². The van der Waals surface area contributed by atoms with Crippen LogP contribution in [0.1, 0.15) is 29.0 Å². The average Bonchev–Trinajstić information content (AvgIpc) is 3.21. The standard InChI is InChI=1S/C22H22FN3O3S/c1-15-4-2-3-5-18(15)22(10-12-28-13-11-22)20(27)24-21-26-25-19(30-21)14-29-17-8-6-16(23)7-9-17/h2-9H,10-14H2,1H3,(H,24,26,27). The third-order valence-electron chi connectivity index (χ3n) is 5.30. The number of amides is 1. The molecule has 0 radical (unpaired) electrons. The van der Waals surface area contributed by atoms with Crippen LogP contribution >= 0.6 is 11.3 Å². The summed E-state index contributed by atoms with van der Waals surface area (Å²) in [5, 5.41) is 12.2. The minimum absolute atomic E-state index is 0.0951. The summed E-state index contributed by atoms with van der Waals surface area (Å²) in [7, 11) is 0. The first-order chi connectivity index (χ1) is 14.6. The molecule has 0 spiro atoms. The molecule has 30 heavy (non-hydrogen) atoms. The fourth-order valence-corrected chi connectivity index (χ4v) is 4.35. The van der Waals surface area contributed by atoms with Gasteiger partial charge in [-0.3, -0.25) is 10.1 Å². The number of aromatic nitrogens is 2. The van der Waals surface area contributed by atoms with E-state index in [-0.39, 0.29) is 18.3 Å². The summed E-state index contributed by atoms with van der Waals surface area (Å²) in [5.41, 5.74) is 1.45. The molecule has 1 aromatic heterocycles. The molecule has 1 saturated heterocycles. The van der Waals surface area contributed by atoms with Crippen molar-refractivity contribution in [3.63, 3.8) is 0 Å². The van der Waals surface area contributed by atoms with E-state index in [9.17, 15) is 9.18 Å². The van der Waals surface area contributed by atoms with Crippen molar-refractivity contribution in [2.45, 2.75) is 31.8 Å². The third-order valence-corrected chi connectivity index (χ3v) is 6.12. The maximum atomic E-state index is 13.4. The van der Waals surface area contributed by atoms with Crippen molar-refractivity contribution in [1.82, 2.24) is 10.2 Å². The zero-order valence-electron chi connectivity index (χ0n) is 16.6. The summed E-state index contributed by atoms with van der Waals surface area (Å²) in [5.74, 6) is 0.124. The van der Waals surface area contributed by atoms with Crippen LogP contribution in [-0.2, 0) is 21.6 Å². The van der Waals surface area contributed by atoms with Crippen molar-refractivity contribution in [2.24, 2.45) is 0 Å². The van der Waals surface area contributed by atoms with Crippen LogP contribution in [0.4, 0.5) is 9.52 Å². The van der Waals surface area contributed by atoms with Crippen molar-refractivity contribution in [2.75, 3.05) is 18.5 Å². The maximum absolute atomic E-state index is 13.4. The molecule has 0 unspecified atom stereocenters. The zero-order valence-corrected chi connectivity index (χ0v) is 17.4. The van der Waals surface area contributed by atoms with Gasteiger partial charge < -0.3 is 9.47 Å². The number of benzene rings is 2. The number of rotatable bonds is 6. The van der Waals surface area contributed by atoms with Crippen LogP contribution in [0.2, 0.25) is 0 Å². The minimum Gasteiger partial charge on any atom is -0.486 e. The number of carbonyl (C=O) groups is 1. The summed E-state index contributed by atoms with van der Waals surface area (Å²) in [6.07, 6.45) is 1.23. The number of hydrogen-bond acceptors (Lipinski definition) is 6. The number of ether oxygens (including phenoxy) is 2. The van der Waals surface area contributed by atoms with Gasteiger partial charge in [-0.1, -0.05) is 35.6 Å². The van der Waals surface area contributed by atoms with Gasteiger partial charge in [0.2, 0.25) is 11.0 Å². The average molecular weight is 428 g/mol. The first kappa shape index (κ1) is 20.4. The molecule has 8 heteroatoms. The smallest absolute Gasteiger partial charge is 0.237 e. The second kappa shape index (κ2) is 8.89. The lowest BCUT2D eigenvalue weighted by Gasteiger charge is -2.36. The van der Waals surface area contributed by atoms with Gasteiger partial charge in [0.25, 0.3) is 0 Å². The van der Waals surface area contributed by atoms with Gasteiger partial charge >= 0.3 is 0 Å². The van der Waals surface area contributed by atoms with Crippen molar-refractivity contribution < 1.29 is 18.7 Å². The van der Waals surface area contributed by atoms with E-state index in [4.69, 9.17) is 9.47 Å². The number of nitrogens with zero attached hydrogens (tertiary/aromatic N) is 2. The Bertz CT molecular complexity index is 1020. The van der Waals surface area contributed by atoms with Crippen molar-refractivity contribution in [3.05, 3.63) is 70.5 Å². The number of nitrogens with one attached hydrogen (secondary N) is 1. The highest BCUT2D eigenvalue weighted by atomic mass is 32.1. The highest BCUT2D eigenvalue weighted by Gasteiger charge is 2.42. The van der Waals surface area contributed by atoms with Crippen LogP contribution in [0.3, 0.4) is 0 Å². The molecule has 0 atom stereocenters. The lowest BCUT2D eigenvalue weighted by Crippen LogP contribution is -2.45. The van der Waals surface area contributed by atoms with Crippen LogP contribution < -0.4 is 10.1 Å². The lowest BCUT2D eigenvalue weighted by molar-refractivity contribution is -0.125. The Balaban J connectivity index is 1.47. The zero-order chi connectivity index (χ0) is 21.0. The molecule has 2 aromatic carbocycles. The Hall–Kier alpha value is -2.84. The molecule has 0 bridgehead atoms. The van der Waals surface area contributed by atoms with Gasteiger partial charge in [0.1, 0.15) is 18.2 Å². The van der Waals surface area contributed by atoms with Gasteiger partial charge in [0, 0.05) is 13.2 Å². The monoisotopic (exact) mass is 427 g/mol. The van der Waals surface area contributed by atoms with Crippen molar-refractivity contribution >= 4 is 22.4 Å². The van der Waals surface area contributed by atoms with E-state index >= 15 is 0 Å². The number of aryl methyl sites for hydroxylation is 1. The molecule has 1 fully saturated rings. The molecule has 4 rings (SSSR count). The van der Waals surface area contributed by atoms with Gasteiger partial charge in [-0.15, -0.1) is 10.2 Å².